The first-order chi connectivity index (χ1) is 13.5. The fourth-order valence-electron chi connectivity index (χ4n) is 3.46. The van der Waals surface area contributed by atoms with Gasteiger partial charge in [-0.25, -0.2) is 9.97 Å². The minimum atomic E-state index is -0.423. The SMILES string of the molecule is CC(C)c1ccc([C@@H]2CC(=O)c3cnc(NC(=O)c4ccco4)nc3C2)cc1. The highest BCUT2D eigenvalue weighted by atomic mass is 16.3. The van der Waals surface area contributed by atoms with Crippen molar-refractivity contribution in [3.8, 4) is 0 Å². The summed E-state index contributed by atoms with van der Waals surface area (Å²) in [7, 11) is 0. The Kier molecular flexibility index (Phi) is 4.77. The van der Waals surface area contributed by atoms with E-state index in [1.165, 1.54) is 18.0 Å². The number of nitrogens with one attached hydrogen (secondary N) is 1. The standard InChI is InChI=1S/C22H21N3O3/c1-13(2)14-5-7-15(8-6-14)16-10-18-17(19(26)11-16)12-23-22(24-18)25-21(27)20-4-3-9-28-20/h3-9,12-13,16H,10-11H2,1-2H3,(H,23,24,25,27)/t16-/m0/s1. The summed E-state index contributed by atoms with van der Waals surface area (Å²) in [4.78, 5) is 33.3. The van der Waals surface area contributed by atoms with Gasteiger partial charge in [0.1, 0.15) is 0 Å². The Bertz CT molecular complexity index is 1010. The van der Waals surface area contributed by atoms with E-state index in [1.54, 1.807) is 12.1 Å². The number of fused-ring (bicyclic) bond motifs is 1. The molecule has 0 saturated carbocycles. The van der Waals surface area contributed by atoms with Crippen LogP contribution in [0.15, 0.2) is 53.3 Å². The molecule has 6 nitrogen and oxygen atoms in total. The van der Waals surface area contributed by atoms with Crippen molar-refractivity contribution >= 4 is 17.6 Å². The molecule has 1 amide bonds. The summed E-state index contributed by atoms with van der Waals surface area (Å²) in [5, 5.41) is 2.62. The molecule has 2 heterocycles. The molecule has 0 fully saturated rings. The van der Waals surface area contributed by atoms with Crippen molar-refractivity contribution < 1.29 is 14.0 Å². The van der Waals surface area contributed by atoms with E-state index in [4.69, 9.17) is 4.42 Å². The average Bonchev–Trinajstić information content (AvgIpc) is 3.23. The van der Waals surface area contributed by atoms with E-state index in [-0.39, 0.29) is 23.4 Å². The summed E-state index contributed by atoms with van der Waals surface area (Å²) in [6.07, 6.45) is 4.00. The minimum Gasteiger partial charge on any atom is -0.459 e. The molecule has 1 aromatic carbocycles. The Morgan fingerprint density at radius 1 is 1.18 bits per heavy atom. The number of hydrogen-bond acceptors (Lipinski definition) is 5. The van der Waals surface area contributed by atoms with Crippen LogP contribution in [-0.2, 0) is 6.42 Å². The maximum Gasteiger partial charge on any atom is 0.293 e. The number of anilines is 1. The fraction of sp³-hybridized carbons (Fsp3) is 0.273. The van der Waals surface area contributed by atoms with Crippen molar-refractivity contribution in [3.05, 3.63) is 77.0 Å². The number of aromatic nitrogens is 2. The van der Waals surface area contributed by atoms with E-state index < -0.39 is 5.91 Å². The first-order valence-corrected chi connectivity index (χ1v) is 9.35. The van der Waals surface area contributed by atoms with Crippen LogP contribution in [0.3, 0.4) is 0 Å². The maximum atomic E-state index is 12.6. The predicted octanol–water partition coefficient (Wildman–Crippen LogP) is 4.36. The lowest BCUT2D eigenvalue weighted by Crippen LogP contribution is -2.22. The highest BCUT2D eigenvalue weighted by Crippen LogP contribution is 2.32. The van der Waals surface area contributed by atoms with Gasteiger partial charge in [0, 0.05) is 12.6 Å². The normalized spacial score (nSPS) is 16.1. The van der Waals surface area contributed by atoms with Crippen molar-refractivity contribution in [3.63, 3.8) is 0 Å². The number of furan rings is 1. The third kappa shape index (κ3) is 3.58. The number of carbonyl (C=O) groups is 2. The number of rotatable bonds is 4. The lowest BCUT2D eigenvalue weighted by Gasteiger charge is -2.23. The van der Waals surface area contributed by atoms with Crippen molar-refractivity contribution in [1.29, 1.82) is 0 Å². The Morgan fingerprint density at radius 3 is 2.64 bits per heavy atom. The summed E-state index contributed by atoms with van der Waals surface area (Å²) < 4.78 is 5.08. The maximum absolute atomic E-state index is 12.6. The molecular formula is C22H21N3O3. The number of nitrogens with zero attached hydrogens (tertiary/aromatic N) is 2. The second-order valence-corrected chi connectivity index (χ2v) is 7.34. The highest BCUT2D eigenvalue weighted by Gasteiger charge is 2.28. The minimum absolute atomic E-state index is 0.0306. The van der Waals surface area contributed by atoms with Gasteiger partial charge in [0.25, 0.3) is 5.91 Å². The van der Waals surface area contributed by atoms with Crippen LogP contribution < -0.4 is 5.32 Å². The Labute approximate surface area is 163 Å². The van der Waals surface area contributed by atoms with Crippen molar-refractivity contribution in [1.82, 2.24) is 9.97 Å². The second-order valence-electron chi connectivity index (χ2n) is 7.34. The van der Waals surface area contributed by atoms with Crippen LogP contribution in [0.2, 0.25) is 0 Å². The molecule has 6 heteroatoms. The summed E-state index contributed by atoms with van der Waals surface area (Å²) in [6, 6.07) is 11.6. The number of benzene rings is 1. The zero-order valence-electron chi connectivity index (χ0n) is 15.8. The molecular weight excluding hydrogens is 354 g/mol. The number of amides is 1. The molecule has 0 unspecified atom stereocenters. The third-order valence-electron chi connectivity index (χ3n) is 5.08. The molecule has 1 aliphatic carbocycles. The Balaban J connectivity index is 1.56. The number of hydrogen-bond donors (Lipinski definition) is 1. The zero-order chi connectivity index (χ0) is 19.7. The molecule has 0 saturated heterocycles. The van der Waals surface area contributed by atoms with Gasteiger partial charge in [-0.3, -0.25) is 14.9 Å². The summed E-state index contributed by atoms with van der Waals surface area (Å²) in [5.74, 6) is 0.501. The summed E-state index contributed by atoms with van der Waals surface area (Å²) in [5.41, 5.74) is 3.60. The highest BCUT2D eigenvalue weighted by molar-refractivity contribution is 6.02. The summed E-state index contributed by atoms with van der Waals surface area (Å²) >= 11 is 0. The number of carbonyl (C=O) groups excluding carboxylic acids is 2. The van der Waals surface area contributed by atoms with Gasteiger partial charge < -0.3 is 4.42 Å². The van der Waals surface area contributed by atoms with E-state index in [2.05, 4.69) is 53.4 Å². The molecule has 28 heavy (non-hydrogen) atoms. The lowest BCUT2D eigenvalue weighted by molar-refractivity contribution is 0.0962. The Morgan fingerprint density at radius 2 is 1.96 bits per heavy atom. The van der Waals surface area contributed by atoms with E-state index >= 15 is 0 Å². The lowest BCUT2D eigenvalue weighted by atomic mass is 9.81. The monoisotopic (exact) mass is 375 g/mol. The van der Waals surface area contributed by atoms with Crippen LogP contribution in [0.5, 0.6) is 0 Å². The molecule has 2 aromatic heterocycles. The molecule has 142 valence electrons. The largest absolute Gasteiger partial charge is 0.459 e. The molecule has 1 atom stereocenters. The van der Waals surface area contributed by atoms with Crippen molar-refractivity contribution in [2.24, 2.45) is 0 Å². The molecule has 0 radical (unpaired) electrons. The number of Topliss-reactive ketones (excluding diaryl/α,β-unsaturated/α-hetero) is 1. The van der Waals surface area contributed by atoms with Crippen LogP contribution in [0.4, 0.5) is 5.95 Å². The van der Waals surface area contributed by atoms with Crippen LogP contribution >= 0.6 is 0 Å². The first-order valence-electron chi connectivity index (χ1n) is 9.35. The van der Waals surface area contributed by atoms with Gasteiger partial charge >= 0.3 is 0 Å². The molecule has 0 bridgehead atoms. The molecule has 0 aliphatic heterocycles. The van der Waals surface area contributed by atoms with E-state index in [9.17, 15) is 9.59 Å². The second kappa shape index (κ2) is 7.38. The molecule has 1 aliphatic rings. The van der Waals surface area contributed by atoms with Gasteiger partial charge in [-0.05, 0) is 41.5 Å². The molecule has 0 spiro atoms. The molecule has 4 rings (SSSR count). The van der Waals surface area contributed by atoms with Crippen LogP contribution in [-0.4, -0.2) is 21.7 Å². The van der Waals surface area contributed by atoms with E-state index in [1.807, 2.05) is 0 Å². The molecule has 3 aromatic rings. The van der Waals surface area contributed by atoms with Gasteiger partial charge in [-0.1, -0.05) is 38.1 Å². The van der Waals surface area contributed by atoms with Crippen LogP contribution in [0, 0.1) is 0 Å². The van der Waals surface area contributed by atoms with E-state index in [0.717, 1.165) is 5.56 Å². The van der Waals surface area contributed by atoms with Gasteiger partial charge in [-0.15, -0.1) is 0 Å². The fourth-order valence-corrected chi connectivity index (χ4v) is 3.46. The predicted molar refractivity (Wildman–Crippen MR) is 105 cm³/mol. The van der Waals surface area contributed by atoms with Crippen molar-refractivity contribution in [2.45, 2.75) is 38.5 Å². The van der Waals surface area contributed by atoms with Gasteiger partial charge in [0.05, 0.1) is 17.5 Å². The average molecular weight is 375 g/mol. The summed E-state index contributed by atoms with van der Waals surface area (Å²) in [6.45, 7) is 4.32. The third-order valence-corrected chi connectivity index (χ3v) is 5.08. The molecule has 1 N–H and O–H groups in total. The first kappa shape index (κ1) is 18.1. The van der Waals surface area contributed by atoms with Gasteiger partial charge in [-0.2, -0.15) is 0 Å². The van der Waals surface area contributed by atoms with E-state index in [0.29, 0.717) is 30.0 Å². The van der Waals surface area contributed by atoms with Crippen LogP contribution in [0.1, 0.15) is 69.8 Å². The van der Waals surface area contributed by atoms with Gasteiger partial charge in [0.15, 0.2) is 11.5 Å². The van der Waals surface area contributed by atoms with Crippen LogP contribution in [0.25, 0.3) is 0 Å². The van der Waals surface area contributed by atoms with Gasteiger partial charge in [0.2, 0.25) is 5.95 Å². The topological polar surface area (TPSA) is 85.1 Å². The Hall–Kier alpha value is -3.28. The number of ketones is 1. The zero-order valence-corrected chi connectivity index (χ0v) is 15.8. The smallest absolute Gasteiger partial charge is 0.293 e. The van der Waals surface area contributed by atoms with Crippen molar-refractivity contribution in [2.75, 3.05) is 5.32 Å². The quantitative estimate of drug-likeness (QED) is 0.732.